The van der Waals surface area contributed by atoms with Gasteiger partial charge in [0.25, 0.3) is 0 Å². The van der Waals surface area contributed by atoms with Crippen LogP contribution in [0.2, 0.25) is 0 Å². The van der Waals surface area contributed by atoms with Crippen LogP contribution in [0.3, 0.4) is 0 Å². The van der Waals surface area contributed by atoms with Gasteiger partial charge in [0.15, 0.2) is 11.5 Å². The van der Waals surface area contributed by atoms with E-state index in [1.165, 1.54) is 0 Å². The highest BCUT2D eigenvalue weighted by atomic mass is 16.5. The Morgan fingerprint density at radius 2 is 1.68 bits per heavy atom. The number of hydrogen-bond acceptors (Lipinski definition) is 5. The quantitative estimate of drug-likeness (QED) is 0.682. The van der Waals surface area contributed by atoms with E-state index in [4.69, 9.17) is 19.3 Å². The second-order valence-electron chi connectivity index (χ2n) is 5.65. The molecule has 0 amide bonds. The molecule has 1 rings (SSSR count). The Balaban J connectivity index is 2.69. The highest BCUT2D eigenvalue weighted by molar-refractivity contribution is 5.73. The number of rotatable bonds is 9. The summed E-state index contributed by atoms with van der Waals surface area (Å²) < 4.78 is 15.9. The minimum absolute atomic E-state index is 0.548. The topological polar surface area (TPSA) is 77.0 Å². The molecule has 22 heavy (non-hydrogen) atoms. The van der Waals surface area contributed by atoms with Gasteiger partial charge in [-0.25, -0.2) is 0 Å². The number of carboxylic acid groups (broad SMARTS) is 1. The van der Waals surface area contributed by atoms with Crippen molar-refractivity contribution in [1.29, 1.82) is 0 Å². The molecule has 6 heteroatoms. The molecule has 1 aromatic rings. The Hall–Kier alpha value is -1.95. The van der Waals surface area contributed by atoms with Crippen molar-refractivity contribution in [2.75, 3.05) is 27.9 Å². The van der Waals surface area contributed by atoms with Gasteiger partial charge in [-0.1, -0.05) is 0 Å². The second kappa shape index (κ2) is 7.89. The molecular formula is C16H25NO5. The molecule has 0 atom stereocenters. The molecule has 0 aliphatic carbocycles. The van der Waals surface area contributed by atoms with E-state index in [1.807, 2.05) is 12.1 Å². The molecule has 0 saturated heterocycles. The zero-order valence-corrected chi connectivity index (χ0v) is 13.9. The molecular weight excluding hydrogens is 286 g/mol. The molecule has 6 nitrogen and oxygen atoms in total. The predicted molar refractivity (Wildman–Crippen MR) is 83.8 cm³/mol. The van der Waals surface area contributed by atoms with Gasteiger partial charge in [-0.15, -0.1) is 0 Å². The van der Waals surface area contributed by atoms with Gasteiger partial charge >= 0.3 is 5.97 Å². The van der Waals surface area contributed by atoms with E-state index in [2.05, 4.69) is 5.32 Å². The highest BCUT2D eigenvalue weighted by Gasteiger charge is 2.26. The summed E-state index contributed by atoms with van der Waals surface area (Å²) in [5.41, 5.74) is 0.241. The molecule has 0 aliphatic heterocycles. The van der Waals surface area contributed by atoms with Crippen molar-refractivity contribution in [2.45, 2.75) is 26.8 Å². The Kier molecular flexibility index (Phi) is 6.49. The third-order valence-electron chi connectivity index (χ3n) is 3.56. The molecule has 0 bridgehead atoms. The average molecular weight is 311 g/mol. The van der Waals surface area contributed by atoms with Gasteiger partial charge in [0.1, 0.15) is 0 Å². The van der Waals surface area contributed by atoms with E-state index in [9.17, 15) is 4.79 Å². The Labute approximate surface area is 131 Å². The molecule has 0 heterocycles. The lowest BCUT2D eigenvalue weighted by Gasteiger charge is -2.19. The van der Waals surface area contributed by atoms with Crippen LogP contribution in [0.1, 0.15) is 25.8 Å². The first-order valence-electron chi connectivity index (χ1n) is 7.08. The zero-order valence-electron chi connectivity index (χ0n) is 13.9. The number of ether oxygens (including phenoxy) is 3. The maximum atomic E-state index is 11.0. The number of methoxy groups -OCH3 is 3. The van der Waals surface area contributed by atoms with Gasteiger partial charge in [0, 0.05) is 6.54 Å². The van der Waals surface area contributed by atoms with Crippen molar-refractivity contribution in [1.82, 2.24) is 5.32 Å². The molecule has 0 aromatic heterocycles. The zero-order chi connectivity index (χ0) is 16.8. The second-order valence-corrected chi connectivity index (χ2v) is 5.65. The van der Waals surface area contributed by atoms with E-state index in [-0.39, 0.29) is 0 Å². The minimum atomic E-state index is -0.790. The number of benzene rings is 1. The molecule has 1 aromatic carbocycles. The standard InChI is InChI=1S/C16H25NO5/c1-16(2,15(18)19)6-7-17-10-11-8-12(20-3)14(22-5)13(9-11)21-4/h8-9,17H,6-7,10H2,1-5H3,(H,18,19). The van der Waals surface area contributed by atoms with Crippen LogP contribution < -0.4 is 19.5 Å². The van der Waals surface area contributed by atoms with Crippen molar-refractivity contribution in [3.8, 4) is 17.2 Å². The summed E-state index contributed by atoms with van der Waals surface area (Å²) in [6.07, 6.45) is 0.548. The summed E-state index contributed by atoms with van der Waals surface area (Å²) in [4.78, 5) is 11.0. The molecule has 0 radical (unpaired) electrons. The number of carbonyl (C=O) groups is 1. The minimum Gasteiger partial charge on any atom is -0.493 e. The van der Waals surface area contributed by atoms with Gasteiger partial charge in [0.05, 0.1) is 26.7 Å². The van der Waals surface area contributed by atoms with Gasteiger partial charge in [-0.05, 0) is 44.5 Å². The fourth-order valence-electron chi connectivity index (χ4n) is 1.98. The number of hydrogen-bond donors (Lipinski definition) is 2. The summed E-state index contributed by atoms with van der Waals surface area (Å²) in [5, 5.41) is 12.3. The van der Waals surface area contributed by atoms with Gasteiger partial charge in [-0.2, -0.15) is 0 Å². The fraction of sp³-hybridized carbons (Fsp3) is 0.562. The van der Waals surface area contributed by atoms with Gasteiger partial charge in [-0.3, -0.25) is 4.79 Å². The van der Waals surface area contributed by atoms with Crippen molar-refractivity contribution in [3.63, 3.8) is 0 Å². The molecule has 2 N–H and O–H groups in total. The van der Waals surface area contributed by atoms with Crippen LogP contribution >= 0.6 is 0 Å². The lowest BCUT2D eigenvalue weighted by atomic mass is 9.90. The number of nitrogens with one attached hydrogen (secondary N) is 1. The van der Waals surface area contributed by atoms with Gasteiger partial charge < -0.3 is 24.6 Å². The number of carboxylic acids is 1. The monoisotopic (exact) mass is 311 g/mol. The Morgan fingerprint density at radius 1 is 1.14 bits per heavy atom. The summed E-state index contributed by atoms with van der Waals surface area (Å²) in [5.74, 6) is 0.969. The first-order chi connectivity index (χ1) is 10.4. The third kappa shape index (κ3) is 4.53. The van der Waals surface area contributed by atoms with Crippen LogP contribution in [-0.2, 0) is 11.3 Å². The summed E-state index contributed by atoms with van der Waals surface area (Å²) in [7, 11) is 4.71. The van der Waals surface area contributed by atoms with Crippen LogP contribution in [0.15, 0.2) is 12.1 Å². The van der Waals surface area contributed by atoms with E-state index < -0.39 is 11.4 Å². The van der Waals surface area contributed by atoms with Crippen LogP contribution in [0, 0.1) is 5.41 Å². The van der Waals surface area contributed by atoms with Crippen molar-refractivity contribution < 1.29 is 24.1 Å². The first kappa shape index (κ1) is 18.1. The molecule has 0 fully saturated rings. The average Bonchev–Trinajstić information content (AvgIpc) is 2.50. The lowest BCUT2D eigenvalue weighted by Crippen LogP contribution is -2.28. The maximum Gasteiger partial charge on any atom is 0.309 e. The van der Waals surface area contributed by atoms with Gasteiger partial charge in [0.2, 0.25) is 5.75 Å². The van der Waals surface area contributed by atoms with Crippen molar-refractivity contribution >= 4 is 5.97 Å². The van der Waals surface area contributed by atoms with Crippen LogP contribution in [0.4, 0.5) is 0 Å². The predicted octanol–water partition coefficient (Wildman–Crippen LogP) is 2.30. The van der Waals surface area contributed by atoms with E-state index in [0.717, 1.165) is 5.56 Å². The highest BCUT2D eigenvalue weighted by Crippen LogP contribution is 2.38. The van der Waals surface area contributed by atoms with Crippen LogP contribution in [0.5, 0.6) is 17.2 Å². The summed E-state index contributed by atoms with van der Waals surface area (Å²) >= 11 is 0. The van der Waals surface area contributed by atoms with E-state index in [1.54, 1.807) is 35.2 Å². The summed E-state index contributed by atoms with van der Waals surface area (Å²) in [6, 6.07) is 3.74. The normalized spacial score (nSPS) is 11.1. The molecule has 0 spiro atoms. The van der Waals surface area contributed by atoms with Crippen LogP contribution in [0.25, 0.3) is 0 Å². The fourth-order valence-corrected chi connectivity index (χ4v) is 1.98. The maximum absolute atomic E-state index is 11.0. The first-order valence-corrected chi connectivity index (χ1v) is 7.08. The van der Waals surface area contributed by atoms with Crippen LogP contribution in [-0.4, -0.2) is 38.9 Å². The third-order valence-corrected chi connectivity index (χ3v) is 3.56. The Bertz CT molecular complexity index is 488. The van der Waals surface area contributed by atoms with Crippen molar-refractivity contribution in [2.24, 2.45) is 5.41 Å². The number of aliphatic carboxylic acids is 1. The molecule has 0 unspecified atom stereocenters. The molecule has 124 valence electrons. The Morgan fingerprint density at radius 3 is 2.09 bits per heavy atom. The van der Waals surface area contributed by atoms with E-state index >= 15 is 0 Å². The lowest BCUT2D eigenvalue weighted by molar-refractivity contribution is -0.147. The molecule has 0 saturated carbocycles. The largest absolute Gasteiger partial charge is 0.493 e. The van der Waals surface area contributed by atoms with E-state index in [0.29, 0.717) is 36.8 Å². The molecule has 0 aliphatic rings. The SMILES string of the molecule is COc1cc(CNCCC(C)(C)C(=O)O)cc(OC)c1OC. The summed E-state index contributed by atoms with van der Waals surface area (Å²) in [6.45, 7) is 4.63. The van der Waals surface area contributed by atoms with Crippen molar-refractivity contribution in [3.05, 3.63) is 17.7 Å². The smallest absolute Gasteiger partial charge is 0.309 e.